The zero-order valence-electron chi connectivity index (χ0n) is 12.5. The van der Waals surface area contributed by atoms with Crippen LogP contribution in [-0.2, 0) is 6.61 Å². The van der Waals surface area contributed by atoms with E-state index in [0.717, 1.165) is 40.3 Å². The first-order chi connectivity index (χ1) is 10.3. The fourth-order valence-corrected chi connectivity index (χ4v) is 3.75. The Hall–Kier alpha value is -1.39. The fraction of sp³-hybridized carbons (Fsp3) is 0.471. The Kier molecular flexibility index (Phi) is 4.56. The second kappa shape index (κ2) is 6.58. The largest absolute Gasteiger partial charge is 0.391 e. The second-order valence-corrected chi connectivity index (χ2v) is 6.69. The van der Waals surface area contributed by atoms with Gasteiger partial charge in [0.2, 0.25) is 0 Å². The first kappa shape index (κ1) is 14.5. The summed E-state index contributed by atoms with van der Waals surface area (Å²) < 4.78 is 0. The van der Waals surface area contributed by atoms with Crippen LogP contribution in [0.2, 0.25) is 0 Å². The van der Waals surface area contributed by atoms with Crippen LogP contribution in [0, 0.1) is 5.92 Å². The van der Waals surface area contributed by atoms with E-state index in [4.69, 9.17) is 4.98 Å². The minimum Gasteiger partial charge on any atom is -0.391 e. The fourth-order valence-electron chi connectivity index (χ4n) is 2.73. The molecule has 0 unspecified atom stereocenters. The molecule has 1 aromatic carbocycles. The van der Waals surface area contributed by atoms with Crippen molar-refractivity contribution < 1.29 is 5.11 Å². The lowest BCUT2D eigenvalue weighted by atomic mass is 9.85. The van der Waals surface area contributed by atoms with E-state index < -0.39 is 0 Å². The molecule has 1 aliphatic rings. The number of anilines is 1. The molecule has 3 nitrogen and oxygen atoms in total. The topological polar surface area (TPSA) is 36.4 Å². The predicted molar refractivity (Wildman–Crippen MR) is 88.7 cm³/mol. The molecule has 4 heteroatoms. The van der Waals surface area contributed by atoms with Crippen LogP contribution in [0.25, 0.3) is 11.3 Å². The monoisotopic (exact) mass is 302 g/mol. The number of nitrogens with zero attached hydrogens (tertiary/aromatic N) is 2. The maximum atomic E-state index is 9.64. The lowest BCUT2D eigenvalue weighted by Gasteiger charge is -2.31. The third kappa shape index (κ3) is 3.11. The number of benzene rings is 1. The van der Waals surface area contributed by atoms with Gasteiger partial charge in [0, 0.05) is 18.7 Å². The number of rotatable bonds is 6. The molecule has 0 spiro atoms. The summed E-state index contributed by atoms with van der Waals surface area (Å²) in [6.45, 7) is 4.32. The van der Waals surface area contributed by atoms with Crippen molar-refractivity contribution in [3.63, 3.8) is 0 Å². The van der Waals surface area contributed by atoms with Crippen LogP contribution in [0.3, 0.4) is 0 Å². The highest BCUT2D eigenvalue weighted by Crippen LogP contribution is 2.35. The summed E-state index contributed by atoms with van der Waals surface area (Å²) in [7, 11) is 0. The van der Waals surface area contributed by atoms with E-state index in [1.54, 1.807) is 11.3 Å². The average Bonchev–Trinajstić information content (AvgIpc) is 2.91. The molecule has 1 aliphatic carbocycles. The molecule has 0 atom stereocenters. The number of aromatic nitrogens is 1. The molecule has 2 aromatic rings. The summed E-state index contributed by atoms with van der Waals surface area (Å²) in [5, 5.41) is 10.7. The van der Waals surface area contributed by atoms with E-state index in [2.05, 4.69) is 24.0 Å². The number of aliphatic hydroxyl groups excluding tert-OH is 1. The standard InChI is InChI=1S/C17H22N2OS/c1-2-19(11-13-7-6-8-13)17-18-16(15(12-20)21-17)14-9-4-3-5-10-14/h3-5,9-10,13,20H,2,6-8,11-12H2,1H3. The molecule has 0 saturated heterocycles. The van der Waals surface area contributed by atoms with Crippen LogP contribution in [0.5, 0.6) is 0 Å². The van der Waals surface area contributed by atoms with Crippen LogP contribution >= 0.6 is 11.3 Å². The summed E-state index contributed by atoms with van der Waals surface area (Å²) in [6.07, 6.45) is 4.07. The summed E-state index contributed by atoms with van der Waals surface area (Å²) >= 11 is 1.63. The minimum absolute atomic E-state index is 0.0584. The highest BCUT2D eigenvalue weighted by molar-refractivity contribution is 7.16. The van der Waals surface area contributed by atoms with E-state index in [1.165, 1.54) is 19.3 Å². The lowest BCUT2D eigenvalue weighted by molar-refractivity contribution is 0.286. The van der Waals surface area contributed by atoms with Crippen LogP contribution in [0.4, 0.5) is 5.13 Å². The second-order valence-electron chi connectivity index (χ2n) is 5.63. The van der Waals surface area contributed by atoms with E-state index in [-0.39, 0.29) is 6.61 Å². The smallest absolute Gasteiger partial charge is 0.186 e. The number of hydrogen-bond donors (Lipinski definition) is 1. The molecule has 3 rings (SSSR count). The van der Waals surface area contributed by atoms with Gasteiger partial charge in [-0.05, 0) is 25.7 Å². The maximum Gasteiger partial charge on any atom is 0.186 e. The van der Waals surface area contributed by atoms with E-state index >= 15 is 0 Å². The minimum atomic E-state index is 0.0584. The molecule has 1 heterocycles. The van der Waals surface area contributed by atoms with E-state index in [1.807, 2.05) is 18.2 Å². The zero-order valence-corrected chi connectivity index (χ0v) is 13.3. The molecule has 0 aliphatic heterocycles. The highest BCUT2D eigenvalue weighted by Gasteiger charge is 2.23. The van der Waals surface area contributed by atoms with Crippen LogP contribution < -0.4 is 4.90 Å². The van der Waals surface area contributed by atoms with Crippen molar-refractivity contribution in [1.82, 2.24) is 4.98 Å². The van der Waals surface area contributed by atoms with Gasteiger partial charge in [-0.3, -0.25) is 0 Å². The van der Waals surface area contributed by atoms with E-state index in [9.17, 15) is 5.11 Å². The zero-order chi connectivity index (χ0) is 14.7. The molecule has 1 fully saturated rings. The number of thiazole rings is 1. The van der Waals surface area contributed by atoms with Gasteiger partial charge >= 0.3 is 0 Å². The van der Waals surface area contributed by atoms with Gasteiger partial charge in [-0.1, -0.05) is 48.1 Å². The third-order valence-electron chi connectivity index (χ3n) is 4.23. The Morgan fingerprint density at radius 1 is 1.29 bits per heavy atom. The first-order valence-electron chi connectivity index (χ1n) is 7.72. The molecule has 0 radical (unpaired) electrons. The van der Waals surface area contributed by atoms with Crippen molar-refractivity contribution >= 4 is 16.5 Å². The Bertz CT molecular complexity index is 578. The molecule has 21 heavy (non-hydrogen) atoms. The van der Waals surface area contributed by atoms with E-state index in [0.29, 0.717) is 0 Å². The molecular weight excluding hydrogens is 280 g/mol. The van der Waals surface area contributed by atoms with Gasteiger partial charge in [-0.15, -0.1) is 0 Å². The Morgan fingerprint density at radius 3 is 2.62 bits per heavy atom. The quantitative estimate of drug-likeness (QED) is 0.878. The lowest BCUT2D eigenvalue weighted by Crippen LogP contribution is -2.32. The van der Waals surface area contributed by atoms with Crippen molar-refractivity contribution in [1.29, 1.82) is 0 Å². The molecule has 1 saturated carbocycles. The van der Waals surface area contributed by atoms with Crippen molar-refractivity contribution in [2.75, 3.05) is 18.0 Å². The Labute approximate surface area is 130 Å². The van der Waals surface area contributed by atoms with Crippen molar-refractivity contribution in [3.8, 4) is 11.3 Å². The maximum absolute atomic E-state index is 9.64. The first-order valence-corrected chi connectivity index (χ1v) is 8.54. The van der Waals surface area contributed by atoms with Crippen LogP contribution in [0.15, 0.2) is 30.3 Å². The summed E-state index contributed by atoms with van der Waals surface area (Å²) in [5.41, 5.74) is 2.02. The average molecular weight is 302 g/mol. The summed E-state index contributed by atoms with van der Waals surface area (Å²) in [6, 6.07) is 10.1. The predicted octanol–water partition coefficient (Wildman–Crippen LogP) is 3.93. The van der Waals surface area contributed by atoms with Gasteiger partial charge in [0.25, 0.3) is 0 Å². The summed E-state index contributed by atoms with van der Waals surface area (Å²) in [4.78, 5) is 8.14. The third-order valence-corrected chi connectivity index (χ3v) is 5.33. The molecule has 1 aromatic heterocycles. The molecule has 0 amide bonds. The number of aliphatic hydroxyl groups is 1. The summed E-state index contributed by atoms with van der Waals surface area (Å²) in [5.74, 6) is 0.826. The molecule has 1 N–H and O–H groups in total. The van der Waals surface area contributed by atoms with Gasteiger partial charge in [0.05, 0.1) is 17.2 Å². The Morgan fingerprint density at radius 2 is 2.05 bits per heavy atom. The molecule has 0 bridgehead atoms. The molecule has 112 valence electrons. The van der Waals surface area contributed by atoms with Crippen LogP contribution in [0.1, 0.15) is 31.1 Å². The van der Waals surface area contributed by atoms with Gasteiger partial charge < -0.3 is 10.0 Å². The van der Waals surface area contributed by atoms with Crippen LogP contribution in [-0.4, -0.2) is 23.2 Å². The SMILES string of the molecule is CCN(CC1CCC1)c1nc(-c2ccccc2)c(CO)s1. The van der Waals surface area contributed by atoms with Gasteiger partial charge in [0.15, 0.2) is 5.13 Å². The highest BCUT2D eigenvalue weighted by atomic mass is 32.1. The Balaban J connectivity index is 1.87. The van der Waals surface area contributed by atoms with Gasteiger partial charge in [-0.2, -0.15) is 0 Å². The number of hydrogen-bond acceptors (Lipinski definition) is 4. The van der Waals surface area contributed by atoms with Gasteiger partial charge in [-0.25, -0.2) is 4.98 Å². The van der Waals surface area contributed by atoms with Gasteiger partial charge in [0.1, 0.15) is 0 Å². The molecular formula is C17H22N2OS. The van der Waals surface area contributed by atoms with Crippen molar-refractivity contribution in [2.45, 2.75) is 32.8 Å². The van der Waals surface area contributed by atoms with Crippen molar-refractivity contribution in [2.24, 2.45) is 5.92 Å². The van der Waals surface area contributed by atoms with Crippen molar-refractivity contribution in [3.05, 3.63) is 35.2 Å². The normalized spacial score (nSPS) is 15.0.